The van der Waals surface area contributed by atoms with Crippen LogP contribution in [-0.4, -0.2) is 28.7 Å². The predicted octanol–water partition coefficient (Wildman–Crippen LogP) is 1.91. The molecule has 1 fully saturated rings. The lowest BCUT2D eigenvalue weighted by atomic mass is 10.4. The number of hydrogen-bond donors (Lipinski definition) is 1. The van der Waals surface area contributed by atoms with E-state index in [0.717, 1.165) is 29.5 Å². The van der Waals surface area contributed by atoms with Gasteiger partial charge in [0.05, 0.1) is 10.7 Å². The fourth-order valence-corrected chi connectivity index (χ4v) is 2.83. The molecule has 0 atom stereocenters. The van der Waals surface area contributed by atoms with Gasteiger partial charge in [0.2, 0.25) is 0 Å². The second kappa shape index (κ2) is 6.19. The molecule has 1 N–H and O–H groups in total. The molecule has 1 aliphatic heterocycles. The largest absolute Gasteiger partial charge is 0.374 e. The Bertz CT molecular complexity index is 235. The summed E-state index contributed by atoms with van der Waals surface area (Å²) in [6, 6.07) is 0. The van der Waals surface area contributed by atoms with E-state index in [1.807, 2.05) is 6.92 Å². The number of rotatable bonds is 4. The lowest BCUT2D eigenvalue weighted by Crippen LogP contribution is -2.23. The molecule has 0 saturated carbocycles. The van der Waals surface area contributed by atoms with E-state index in [1.54, 1.807) is 23.5 Å². The predicted molar refractivity (Wildman–Crippen MR) is 62.1 cm³/mol. The molecule has 4 nitrogen and oxygen atoms in total. The third-order valence-corrected chi connectivity index (χ3v) is 3.83. The summed E-state index contributed by atoms with van der Waals surface area (Å²) >= 11 is 3.15. The van der Waals surface area contributed by atoms with Crippen LogP contribution in [0.25, 0.3) is 0 Å². The van der Waals surface area contributed by atoms with E-state index in [9.17, 15) is 10.1 Å². The summed E-state index contributed by atoms with van der Waals surface area (Å²) in [6.07, 6.45) is 1.08. The van der Waals surface area contributed by atoms with Crippen LogP contribution >= 0.6 is 23.5 Å². The topological polar surface area (TPSA) is 55.2 Å². The van der Waals surface area contributed by atoms with Gasteiger partial charge < -0.3 is 5.32 Å². The second-order valence-corrected chi connectivity index (χ2v) is 5.18. The van der Waals surface area contributed by atoms with Gasteiger partial charge in [-0.1, -0.05) is 6.92 Å². The van der Waals surface area contributed by atoms with Gasteiger partial charge in [-0.25, -0.2) is 0 Å². The van der Waals surface area contributed by atoms with Gasteiger partial charge in [0, 0.05) is 12.3 Å². The molecule has 0 amide bonds. The third kappa shape index (κ3) is 3.42. The Hall–Kier alpha value is -0.360. The van der Waals surface area contributed by atoms with E-state index in [4.69, 9.17) is 0 Å². The van der Waals surface area contributed by atoms with Crippen LogP contribution in [0.2, 0.25) is 0 Å². The highest BCUT2D eigenvalue weighted by molar-refractivity contribution is 8.03. The average molecular weight is 234 g/mol. The minimum atomic E-state index is -0.261. The maximum atomic E-state index is 10.8. The van der Waals surface area contributed by atoms with Crippen molar-refractivity contribution in [3.8, 4) is 0 Å². The SMILES string of the molecule is CCSC/C(=C1/NCCCS1)[N+](=O)[O-]. The van der Waals surface area contributed by atoms with Crippen LogP contribution < -0.4 is 5.32 Å². The molecule has 0 aromatic rings. The van der Waals surface area contributed by atoms with Crippen molar-refractivity contribution in [1.29, 1.82) is 0 Å². The summed E-state index contributed by atoms with van der Waals surface area (Å²) in [5, 5.41) is 14.6. The Morgan fingerprint density at radius 3 is 3.07 bits per heavy atom. The summed E-state index contributed by atoms with van der Waals surface area (Å²) in [7, 11) is 0. The molecule has 1 heterocycles. The van der Waals surface area contributed by atoms with Gasteiger partial charge in [-0.3, -0.25) is 10.1 Å². The van der Waals surface area contributed by atoms with Crippen molar-refractivity contribution in [3.05, 3.63) is 20.8 Å². The van der Waals surface area contributed by atoms with E-state index >= 15 is 0 Å². The molecule has 0 bridgehead atoms. The van der Waals surface area contributed by atoms with Crippen molar-refractivity contribution in [2.75, 3.05) is 23.8 Å². The van der Waals surface area contributed by atoms with Crippen LogP contribution in [0.15, 0.2) is 10.7 Å². The fraction of sp³-hybridized carbons (Fsp3) is 0.750. The number of hydrogen-bond acceptors (Lipinski definition) is 5. The zero-order valence-corrected chi connectivity index (χ0v) is 9.75. The molecule has 0 aliphatic carbocycles. The van der Waals surface area contributed by atoms with E-state index in [-0.39, 0.29) is 4.92 Å². The number of nitrogens with zero attached hydrogens (tertiary/aromatic N) is 1. The number of nitro groups is 1. The van der Waals surface area contributed by atoms with Crippen molar-refractivity contribution in [2.24, 2.45) is 0 Å². The Kier molecular flexibility index (Phi) is 5.17. The Balaban J connectivity index is 2.66. The first-order valence-electron chi connectivity index (χ1n) is 4.57. The molecule has 14 heavy (non-hydrogen) atoms. The number of thioether (sulfide) groups is 2. The molecule has 0 radical (unpaired) electrons. The quantitative estimate of drug-likeness (QED) is 0.595. The molecule has 0 spiro atoms. The molecule has 1 saturated heterocycles. The highest BCUT2D eigenvalue weighted by atomic mass is 32.2. The first-order valence-corrected chi connectivity index (χ1v) is 6.71. The normalized spacial score (nSPS) is 20.1. The van der Waals surface area contributed by atoms with Crippen LogP contribution in [0.5, 0.6) is 0 Å². The number of nitrogens with one attached hydrogen (secondary N) is 1. The van der Waals surface area contributed by atoms with E-state index in [0.29, 0.717) is 11.4 Å². The van der Waals surface area contributed by atoms with Crippen molar-refractivity contribution < 1.29 is 4.92 Å². The van der Waals surface area contributed by atoms with Crippen molar-refractivity contribution >= 4 is 23.5 Å². The van der Waals surface area contributed by atoms with Gasteiger partial charge in [0.15, 0.2) is 0 Å². The smallest absolute Gasteiger partial charge is 0.285 e. The summed E-state index contributed by atoms with van der Waals surface area (Å²) in [5.41, 5.74) is 0.335. The molecular formula is C8H14N2O2S2. The van der Waals surface area contributed by atoms with Crippen molar-refractivity contribution in [2.45, 2.75) is 13.3 Å². The molecule has 0 aromatic carbocycles. The summed E-state index contributed by atoms with van der Waals surface area (Å²) < 4.78 is 0. The van der Waals surface area contributed by atoms with Crippen molar-refractivity contribution in [1.82, 2.24) is 5.32 Å². The van der Waals surface area contributed by atoms with Gasteiger partial charge in [0.1, 0.15) is 5.03 Å². The zero-order chi connectivity index (χ0) is 10.4. The van der Waals surface area contributed by atoms with Crippen LogP contribution in [0, 0.1) is 10.1 Å². The average Bonchev–Trinajstić information content (AvgIpc) is 2.19. The molecule has 80 valence electrons. The minimum absolute atomic E-state index is 0.261. The van der Waals surface area contributed by atoms with Crippen molar-refractivity contribution in [3.63, 3.8) is 0 Å². The minimum Gasteiger partial charge on any atom is -0.374 e. The maximum Gasteiger partial charge on any atom is 0.285 e. The lowest BCUT2D eigenvalue weighted by molar-refractivity contribution is -0.424. The Morgan fingerprint density at radius 2 is 2.57 bits per heavy atom. The van der Waals surface area contributed by atoms with Gasteiger partial charge in [-0.05, 0) is 12.2 Å². The standard InChI is InChI=1S/C8H14N2O2S2/c1-2-13-6-7(10(11)12)8-9-4-3-5-14-8/h9H,2-6H2,1H3/b8-7+. The maximum absolute atomic E-state index is 10.8. The Labute approximate surface area is 92.0 Å². The van der Waals surface area contributed by atoms with Gasteiger partial charge in [-0.15, -0.1) is 11.8 Å². The third-order valence-electron chi connectivity index (χ3n) is 1.78. The second-order valence-electron chi connectivity index (χ2n) is 2.80. The van der Waals surface area contributed by atoms with Crippen LogP contribution in [0.4, 0.5) is 0 Å². The monoisotopic (exact) mass is 234 g/mol. The summed E-state index contributed by atoms with van der Waals surface area (Å²) in [5.74, 6) is 2.39. The molecule has 0 unspecified atom stereocenters. The summed E-state index contributed by atoms with van der Waals surface area (Å²) in [6.45, 7) is 2.87. The van der Waals surface area contributed by atoms with Crippen LogP contribution in [-0.2, 0) is 0 Å². The van der Waals surface area contributed by atoms with Crippen LogP contribution in [0.1, 0.15) is 13.3 Å². The van der Waals surface area contributed by atoms with Crippen LogP contribution in [0.3, 0.4) is 0 Å². The van der Waals surface area contributed by atoms with E-state index in [1.165, 1.54) is 0 Å². The molecule has 1 rings (SSSR count). The van der Waals surface area contributed by atoms with E-state index in [2.05, 4.69) is 5.32 Å². The zero-order valence-electron chi connectivity index (χ0n) is 8.12. The molecule has 0 aromatic heterocycles. The molecule has 1 aliphatic rings. The highest BCUT2D eigenvalue weighted by Gasteiger charge is 2.20. The van der Waals surface area contributed by atoms with E-state index < -0.39 is 0 Å². The molecule has 6 heteroatoms. The first kappa shape index (κ1) is 11.7. The molecular weight excluding hydrogens is 220 g/mol. The van der Waals surface area contributed by atoms with Gasteiger partial charge in [0.25, 0.3) is 5.70 Å². The lowest BCUT2D eigenvalue weighted by Gasteiger charge is -2.15. The fourth-order valence-electron chi connectivity index (χ4n) is 1.08. The first-order chi connectivity index (χ1) is 6.75. The summed E-state index contributed by atoms with van der Waals surface area (Å²) in [4.78, 5) is 10.5. The van der Waals surface area contributed by atoms with Gasteiger partial charge >= 0.3 is 0 Å². The van der Waals surface area contributed by atoms with Gasteiger partial charge in [-0.2, -0.15) is 11.8 Å². The Morgan fingerprint density at radius 1 is 1.79 bits per heavy atom. The highest BCUT2D eigenvalue weighted by Crippen LogP contribution is 2.24.